The fourth-order valence-corrected chi connectivity index (χ4v) is 8.78. The smallest absolute Gasteiger partial charge is 0.187 e. The first-order chi connectivity index (χ1) is 31.2. The molecule has 20 N–H and O–H groups in total. The van der Waals surface area contributed by atoms with Gasteiger partial charge in [-0.15, -0.1) is 0 Å². The number of nitrogens with one attached hydrogen (secondary N) is 1. The third kappa shape index (κ3) is 10.7. The maximum Gasteiger partial charge on any atom is 0.187 e. The minimum Gasteiger partial charge on any atom is -0.394 e. The Bertz CT molecular complexity index is 1550. The monoisotopic (exact) mass is 969 g/mol. The molecule has 5 fully saturated rings. The zero-order valence-corrected chi connectivity index (χ0v) is 35.0. The number of ether oxygens (including phenoxy) is 9. The maximum absolute atomic E-state index is 11.3. The quantitative estimate of drug-likeness (QED) is 0.0678. The summed E-state index contributed by atoms with van der Waals surface area (Å²) in [6.07, 6.45) is -46.7. The van der Waals surface area contributed by atoms with E-state index in [0.29, 0.717) is 0 Å². The standard InChI is InChI=1S/C37H63NO28/c1-8-15(18(46)25(53)34(58-8)64-31-13(6-42)62-37(28(56)23(31)51)65-30-12(5-41)59-33(57)24(52)21(30)49)38-10-2-9(3-39)29(20(48)16(10)44)63-36-27(55)22(50)32(14(7-43)61-36)66-35-26(54)19(47)17(45)11(4-40)60-35/h2,8,10-57H,3-7H2,1H3/t8-,10+,11-,12-,13-,14-,15-,16+,17-,18+,19+,20-,21-,22-,23-,24-,25-,26-,27-,28-,29-,30-,31-,32-,33+,34-,35-,36-,37-/m1/s1. The van der Waals surface area contributed by atoms with Crippen LogP contribution in [0.25, 0.3) is 0 Å². The molecule has 1 aliphatic carbocycles. The first-order valence-electron chi connectivity index (χ1n) is 21.2. The van der Waals surface area contributed by atoms with Crippen LogP contribution in [-0.2, 0) is 42.6 Å². The Labute approximate surface area is 374 Å². The van der Waals surface area contributed by atoms with Crippen LogP contribution in [0.2, 0.25) is 0 Å². The molecule has 0 amide bonds. The van der Waals surface area contributed by atoms with Crippen molar-refractivity contribution in [1.82, 2.24) is 5.32 Å². The minimum atomic E-state index is -2.04. The number of aliphatic hydroxyl groups is 19. The Morgan fingerprint density at radius 1 is 0.424 bits per heavy atom. The van der Waals surface area contributed by atoms with E-state index in [0.717, 1.165) is 0 Å². The normalized spacial score (nSPS) is 52.8. The van der Waals surface area contributed by atoms with Crippen molar-refractivity contribution in [2.75, 3.05) is 33.0 Å². The largest absolute Gasteiger partial charge is 0.394 e. The van der Waals surface area contributed by atoms with Gasteiger partial charge in [0.05, 0.1) is 51.2 Å². The summed E-state index contributed by atoms with van der Waals surface area (Å²) in [4.78, 5) is 0. The zero-order chi connectivity index (χ0) is 48.6. The Morgan fingerprint density at radius 3 is 1.32 bits per heavy atom. The van der Waals surface area contributed by atoms with Gasteiger partial charge in [0, 0.05) is 0 Å². The van der Waals surface area contributed by atoms with Crippen LogP contribution in [0, 0.1) is 0 Å². The van der Waals surface area contributed by atoms with E-state index >= 15 is 0 Å². The van der Waals surface area contributed by atoms with Crippen LogP contribution in [0.5, 0.6) is 0 Å². The molecule has 29 heteroatoms. The summed E-state index contributed by atoms with van der Waals surface area (Å²) in [5.41, 5.74) is -0.134. The lowest BCUT2D eigenvalue weighted by Gasteiger charge is -2.49. The molecule has 0 bridgehead atoms. The van der Waals surface area contributed by atoms with E-state index in [2.05, 4.69) is 5.32 Å². The van der Waals surface area contributed by atoms with E-state index in [1.54, 1.807) is 0 Å². The SMILES string of the molecule is C[C@H]1O[C@H](O[C@H]2[C@H](O)[C@@H](O)[C@@H](O[C@H]3[C@H](O)[C@@H](O)[C@@H](O)O[C@@H]3CO)O[C@@H]2CO)[C@H](O)[C@@H](O)[C@@H]1N[C@H]1C=C(CO)[C@@H](O[C@H]2O[C@H](CO)[C@@H](O[C@H]3O[C@H](CO)[C@@H](O)[C@H](O)[C@H]3O)[C@H](O)[C@H]2O)[C@H](O)[C@H]1O. The molecule has 5 aliphatic heterocycles. The van der Waals surface area contributed by atoms with Gasteiger partial charge >= 0.3 is 0 Å². The molecule has 0 saturated carbocycles. The van der Waals surface area contributed by atoms with E-state index < -0.39 is 211 Å². The minimum absolute atomic E-state index is 0.134. The van der Waals surface area contributed by atoms with Crippen molar-refractivity contribution in [3.05, 3.63) is 11.6 Å². The van der Waals surface area contributed by atoms with Gasteiger partial charge in [-0.1, -0.05) is 6.08 Å². The topological polar surface area (TPSA) is 479 Å². The van der Waals surface area contributed by atoms with Gasteiger partial charge in [-0.05, 0) is 12.5 Å². The Hall–Kier alpha value is -1.42. The molecule has 5 heterocycles. The van der Waals surface area contributed by atoms with Gasteiger partial charge in [0.2, 0.25) is 0 Å². The van der Waals surface area contributed by atoms with Crippen LogP contribution in [-0.4, -0.2) is 308 Å². The van der Waals surface area contributed by atoms with E-state index in [9.17, 15) is 97.0 Å². The fraction of sp³-hybridized carbons (Fsp3) is 0.946. The third-order valence-electron chi connectivity index (χ3n) is 12.7. The zero-order valence-electron chi connectivity index (χ0n) is 35.0. The Balaban J connectivity index is 1.07. The second-order valence-corrected chi connectivity index (χ2v) is 17.0. The summed E-state index contributed by atoms with van der Waals surface area (Å²) < 4.78 is 49.8. The molecule has 0 radical (unpaired) electrons. The van der Waals surface area contributed by atoms with E-state index in [1.165, 1.54) is 13.0 Å². The first-order valence-corrected chi connectivity index (χ1v) is 21.2. The van der Waals surface area contributed by atoms with Crippen LogP contribution in [0.15, 0.2) is 11.6 Å². The van der Waals surface area contributed by atoms with Gasteiger partial charge in [0.25, 0.3) is 0 Å². The van der Waals surface area contributed by atoms with Crippen molar-refractivity contribution in [2.45, 2.75) is 185 Å². The lowest BCUT2D eigenvalue weighted by atomic mass is 9.86. The van der Waals surface area contributed by atoms with Gasteiger partial charge < -0.3 is 145 Å². The van der Waals surface area contributed by atoms with Crippen LogP contribution in [0.4, 0.5) is 0 Å². The van der Waals surface area contributed by atoms with Crippen molar-refractivity contribution in [2.24, 2.45) is 0 Å². The van der Waals surface area contributed by atoms with Gasteiger partial charge in [0.15, 0.2) is 31.5 Å². The van der Waals surface area contributed by atoms with Crippen LogP contribution < -0.4 is 5.32 Å². The summed E-state index contributed by atoms with van der Waals surface area (Å²) in [7, 11) is 0. The molecular formula is C37H63NO28. The number of rotatable bonds is 15. The summed E-state index contributed by atoms with van der Waals surface area (Å²) in [6.45, 7) is -2.91. The Kier molecular flexibility index (Phi) is 18.6. The highest BCUT2D eigenvalue weighted by Gasteiger charge is 2.55. The second-order valence-electron chi connectivity index (χ2n) is 17.0. The first kappa shape index (κ1) is 53.9. The van der Waals surface area contributed by atoms with E-state index in [-0.39, 0.29) is 5.57 Å². The second kappa shape index (κ2) is 22.8. The fourth-order valence-electron chi connectivity index (χ4n) is 8.78. The molecule has 0 aromatic heterocycles. The number of hydrogen-bond acceptors (Lipinski definition) is 29. The van der Waals surface area contributed by atoms with Crippen LogP contribution >= 0.6 is 0 Å². The molecule has 0 spiro atoms. The molecule has 0 unspecified atom stereocenters. The summed E-state index contributed by atoms with van der Waals surface area (Å²) in [6, 6.07) is -2.61. The highest BCUT2D eigenvalue weighted by molar-refractivity contribution is 5.23. The molecule has 5 saturated heterocycles. The lowest BCUT2D eigenvalue weighted by molar-refractivity contribution is -0.374. The highest BCUT2D eigenvalue weighted by atomic mass is 16.8. The molecule has 0 aromatic carbocycles. The molecule has 6 rings (SSSR count). The molecule has 29 atom stereocenters. The number of aliphatic hydroxyl groups excluding tert-OH is 19. The van der Waals surface area contributed by atoms with Crippen LogP contribution in [0.1, 0.15) is 6.92 Å². The van der Waals surface area contributed by atoms with Crippen molar-refractivity contribution in [1.29, 1.82) is 0 Å². The van der Waals surface area contributed by atoms with Crippen LogP contribution in [0.3, 0.4) is 0 Å². The summed E-state index contributed by atoms with van der Waals surface area (Å²) in [5.74, 6) is 0. The third-order valence-corrected chi connectivity index (χ3v) is 12.7. The number of hydrogen-bond donors (Lipinski definition) is 20. The van der Waals surface area contributed by atoms with Crippen molar-refractivity contribution >= 4 is 0 Å². The van der Waals surface area contributed by atoms with E-state index in [1.807, 2.05) is 0 Å². The average molecular weight is 970 g/mol. The molecule has 384 valence electrons. The molecule has 66 heavy (non-hydrogen) atoms. The average Bonchev–Trinajstić information content (AvgIpc) is 3.30. The summed E-state index contributed by atoms with van der Waals surface area (Å²) >= 11 is 0. The van der Waals surface area contributed by atoms with Crippen molar-refractivity contribution in [3.63, 3.8) is 0 Å². The molecule has 29 nitrogen and oxygen atoms in total. The highest BCUT2D eigenvalue weighted by Crippen LogP contribution is 2.35. The van der Waals surface area contributed by atoms with Crippen molar-refractivity contribution in [3.8, 4) is 0 Å². The summed E-state index contributed by atoms with van der Waals surface area (Å²) in [5, 5.41) is 202. The molecule has 6 aliphatic rings. The maximum atomic E-state index is 11.3. The molecule has 0 aromatic rings. The Morgan fingerprint density at radius 2 is 0.833 bits per heavy atom. The van der Waals surface area contributed by atoms with Crippen molar-refractivity contribution < 1.29 is 140 Å². The van der Waals surface area contributed by atoms with E-state index in [4.69, 9.17) is 42.6 Å². The van der Waals surface area contributed by atoms with Gasteiger partial charge in [-0.25, -0.2) is 0 Å². The van der Waals surface area contributed by atoms with Gasteiger partial charge in [0.1, 0.15) is 128 Å². The van der Waals surface area contributed by atoms with Gasteiger partial charge in [-0.3, -0.25) is 0 Å². The van der Waals surface area contributed by atoms with Gasteiger partial charge in [-0.2, -0.15) is 0 Å². The predicted molar refractivity (Wildman–Crippen MR) is 203 cm³/mol. The molecular weight excluding hydrogens is 906 g/mol. The predicted octanol–water partition coefficient (Wildman–Crippen LogP) is -12.9. The lowest BCUT2D eigenvalue weighted by Crippen LogP contribution is -2.68.